The van der Waals surface area contributed by atoms with E-state index < -0.39 is 0 Å². The molecule has 1 N–H and O–H groups in total. The summed E-state index contributed by atoms with van der Waals surface area (Å²) in [5.74, 6) is 0.354. The van der Waals surface area contributed by atoms with Gasteiger partial charge in [0.2, 0.25) is 5.91 Å². The van der Waals surface area contributed by atoms with Gasteiger partial charge in [-0.05, 0) is 47.5 Å². The van der Waals surface area contributed by atoms with Crippen LogP contribution < -0.4 is 0 Å². The van der Waals surface area contributed by atoms with E-state index in [-0.39, 0.29) is 18.3 Å². The fourth-order valence-electron chi connectivity index (χ4n) is 3.13. The maximum Gasteiger partial charge on any atom is 0.244 e. The number of tetrazole rings is 1. The Kier molecular flexibility index (Phi) is 3.79. The lowest BCUT2D eigenvalue weighted by molar-refractivity contribution is -0.131. The number of aryl methyl sites for hydroxylation is 1. The average molecular weight is 340 g/mol. The zero-order chi connectivity index (χ0) is 17.4. The molecule has 3 aromatic rings. The number of hydrogen-bond donors (Lipinski definition) is 1. The number of rotatable bonds is 3. The molecule has 0 bridgehead atoms. The van der Waals surface area contributed by atoms with Gasteiger partial charge in [0.1, 0.15) is 18.2 Å². The van der Waals surface area contributed by atoms with Gasteiger partial charge in [0.25, 0.3) is 0 Å². The lowest BCUT2D eigenvalue weighted by atomic mass is 9.99. The van der Waals surface area contributed by atoms with Crippen molar-refractivity contribution in [3.05, 3.63) is 47.7 Å². The molecular weight excluding hydrogens is 323 g/mol. The number of benzene rings is 1. The lowest BCUT2D eigenvalue weighted by Gasteiger charge is -2.26. The molecule has 0 fully saturated rings. The molecule has 1 amide bonds. The maximum absolute atomic E-state index is 13.3. The normalized spacial score (nSPS) is 14.8. The second-order valence-electron chi connectivity index (χ2n) is 6.10. The number of carbonyl (C=O) groups is 1. The standard InChI is InChI=1S/C17H17FN6O/c1-11-20-21-22-24(11)10-17(25)23-6-4-12(5-7-23)15-9-19-16-8-13(18)2-3-14(15)16/h2-4,8-9,19H,5-7,10H2,1H3. The van der Waals surface area contributed by atoms with E-state index in [1.54, 1.807) is 17.9 Å². The molecule has 4 rings (SSSR count). The Morgan fingerprint density at radius 3 is 3.00 bits per heavy atom. The number of amides is 1. The molecule has 1 aromatic carbocycles. The van der Waals surface area contributed by atoms with Crippen molar-refractivity contribution in [1.29, 1.82) is 0 Å². The van der Waals surface area contributed by atoms with Crippen molar-refractivity contribution in [2.45, 2.75) is 19.9 Å². The molecule has 3 heterocycles. The number of aromatic amines is 1. The van der Waals surface area contributed by atoms with Crippen molar-refractivity contribution in [3.63, 3.8) is 0 Å². The van der Waals surface area contributed by atoms with Crippen molar-refractivity contribution >= 4 is 22.4 Å². The minimum absolute atomic E-state index is 0.00769. The van der Waals surface area contributed by atoms with E-state index in [4.69, 9.17) is 0 Å². The predicted molar refractivity (Wildman–Crippen MR) is 90.0 cm³/mol. The van der Waals surface area contributed by atoms with E-state index in [0.29, 0.717) is 18.9 Å². The molecule has 0 saturated carbocycles. The molecule has 0 unspecified atom stereocenters. The van der Waals surface area contributed by atoms with Gasteiger partial charge in [-0.2, -0.15) is 0 Å². The zero-order valence-electron chi connectivity index (χ0n) is 13.7. The molecule has 1 aliphatic heterocycles. The van der Waals surface area contributed by atoms with Crippen LogP contribution >= 0.6 is 0 Å². The van der Waals surface area contributed by atoms with Crippen molar-refractivity contribution in [3.8, 4) is 0 Å². The first kappa shape index (κ1) is 15.5. The van der Waals surface area contributed by atoms with Crippen LogP contribution in [0.2, 0.25) is 0 Å². The van der Waals surface area contributed by atoms with E-state index in [1.807, 2.05) is 6.20 Å². The molecule has 0 atom stereocenters. The van der Waals surface area contributed by atoms with E-state index in [9.17, 15) is 9.18 Å². The third-order valence-electron chi connectivity index (χ3n) is 4.55. The lowest BCUT2D eigenvalue weighted by Crippen LogP contribution is -2.37. The second-order valence-corrected chi connectivity index (χ2v) is 6.10. The van der Waals surface area contributed by atoms with Gasteiger partial charge in [-0.1, -0.05) is 6.08 Å². The highest BCUT2D eigenvalue weighted by Gasteiger charge is 2.20. The van der Waals surface area contributed by atoms with Gasteiger partial charge in [-0.25, -0.2) is 9.07 Å². The van der Waals surface area contributed by atoms with E-state index in [2.05, 4.69) is 26.6 Å². The van der Waals surface area contributed by atoms with E-state index >= 15 is 0 Å². The van der Waals surface area contributed by atoms with Crippen LogP contribution in [0, 0.1) is 12.7 Å². The first-order chi connectivity index (χ1) is 12.1. The van der Waals surface area contributed by atoms with Crippen molar-refractivity contribution < 1.29 is 9.18 Å². The molecule has 0 aliphatic carbocycles. The quantitative estimate of drug-likeness (QED) is 0.790. The number of carbonyl (C=O) groups excluding carboxylic acids is 1. The molecule has 7 nitrogen and oxygen atoms in total. The number of fused-ring (bicyclic) bond motifs is 1. The summed E-state index contributed by atoms with van der Waals surface area (Å²) in [5, 5.41) is 12.1. The Hall–Kier alpha value is -3.03. The van der Waals surface area contributed by atoms with Gasteiger partial charge < -0.3 is 9.88 Å². The highest BCUT2D eigenvalue weighted by Crippen LogP contribution is 2.29. The fraction of sp³-hybridized carbons (Fsp3) is 0.294. The third kappa shape index (κ3) is 2.90. The number of halogens is 1. The summed E-state index contributed by atoms with van der Waals surface area (Å²) in [4.78, 5) is 17.3. The molecule has 8 heteroatoms. The molecule has 0 radical (unpaired) electrons. The molecule has 0 saturated heterocycles. The summed E-state index contributed by atoms with van der Waals surface area (Å²) in [6.07, 6.45) is 4.71. The van der Waals surface area contributed by atoms with Gasteiger partial charge >= 0.3 is 0 Å². The summed E-state index contributed by atoms with van der Waals surface area (Å²) in [7, 11) is 0. The van der Waals surface area contributed by atoms with Crippen LogP contribution in [0.5, 0.6) is 0 Å². The number of hydrogen-bond acceptors (Lipinski definition) is 4. The van der Waals surface area contributed by atoms with Crippen molar-refractivity contribution in [2.24, 2.45) is 0 Å². The minimum atomic E-state index is -0.256. The van der Waals surface area contributed by atoms with Crippen LogP contribution in [-0.2, 0) is 11.3 Å². The Morgan fingerprint density at radius 1 is 1.40 bits per heavy atom. The fourth-order valence-corrected chi connectivity index (χ4v) is 3.13. The van der Waals surface area contributed by atoms with Gasteiger partial charge in [-0.3, -0.25) is 4.79 Å². The number of H-pyrrole nitrogens is 1. The SMILES string of the molecule is Cc1nnnn1CC(=O)N1CC=C(c2c[nH]c3cc(F)ccc23)CC1. The van der Waals surface area contributed by atoms with Crippen LogP contribution in [0.25, 0.3) is 16.5 Å². The highest BCUT2D eigenvalue weighted by molar-refractivity contribution is 5.93. The molecule has 0 spiro atoms. The first-order valence-corrected chi connectivity index (χ1v) is 8.08. The first-order valence-electron chi connectivity index (χ1n) is 8.08. The Morgan fingerprint density at radius 2 is 2.28 bits per heavy atom. The second kappa shape index (κ2) is 6.12. The Labute approximate surface area is 143 Å². The van der Waals surface area contributed by atoms with Gasteiger partial charge in [-0.15, -0.1) is 5.10 Å². The molecule has 128 valence electrons. The van der Waals surface area contributed by atoms with Crippen molar-refractivity contribution in [2.75, 3.05) is 13.1 Å². The summed E-state index contributed by atoms with van der Waals surface area (Å²) in [6.45, 7) is 3.10. The molecule has 25 heavy (non-hydrogen) atoms. The molecular formula is C17H17FN6O. The van der Waals surface area contributed by atoms with Gasteiger partial charge in [0.15, 0.2) is 0 Å². The monoisotopic (exact) mass is 340 g/mol. The van der Waals surface area contributed by atoms with Crippen LogP contribution in [0.4, 0.5) is 4.39 Å². The molecule has 1 aliphatic rings. The zero-order valence-corrected chi connectivity index (χ0v) is 13.7. The van der Waals surface area contributed by atoms with Crippen LogP contribution in [0.15, 0.2) is 30.5 Å². The number of nitrogens with zero attached hydrogens (tertiary/aromatic N) is 5. The smallest absolute Gasteiger partial charge is 0.244 e. The predicted octanol–water partition coefficient (Wildman–Crippen LogP) is 1.92. The number of aromatic nitrogens is 5. The largest absolute Gasteiger partial charge is 0.360 e. The summed E-state index contributed by atoms with van der Waals surface area (Å²) < 4.78 is 14.8. The minimum Gasteiger partial charge on any atom is -0.360 e. The maximum atomic E-state index is 13.3. The van der Waals surface area contributed by atoms with Gasteiger partial charge in [0.05, 0.1) is 0 Å². The van der Waals surface area contributed by atoms with Crippen LogP contribution in [0.1, 0.15) is 17.8 Å². The summed E-state index contributed by atoms with van der Waals surface area (Å²) >= 11 is 0. The average Bonchev–Trinajstić information content (AvgIpc) is 3.21. The number of nitrogens with one attached hydrogen (secondary N) is 1. The van der Waals surface area contributed by atoms with Gasteiger partial charge in [0, 0.05) is 35.8 Å². The third-order valence-corrected chi connectivity index (χ3v) is 4.55. The molecule has 2 aromatic heterocycles. The Balaban J connectivity index is 1.50. The van der Waals surface area contributed by atoms with Crippen LogP contribution in [0.3, 0.4) is 0 Å². The highest BCUT2D eigenvalue weighted by atomic mass is 19.1. The topological polar surface area (TPSA) is 79.7 Å². The summed E-state index contributed by atoms with van der Waals surface area (Å²) in [6, 6.07) is 4.75. The summed E-state index contributed by atoms with van der Waals surface area (Å²) in [5.41, 5.74) is 3.02. The van der Waals surface area contributed by atoms with E-state index in [1.165, 1.54) is 22.4 Å². The van der Waals surface area contributed by atoms with E-state index in [0.717, 1.165) is 22.9 Å². The van der Waals surface area contributed by atoms with Crippen molar-refractivity contribution in [1.82, 2.24) is 30.1 Å². The Bertz CT molecular complexity index is 973. The van der Waals surface area contributed by atoms with Crippen LogP contribution in [-0.4, -0.2) is 49.1 Å².